The maximum absolute atomic E-state index is 12.3. The monoisotopic (exact) mass is 289 g/mol. The third kappa shape index (κ3) is 2.46. The van der Waals surface area contributed by atoms with E-state index in [1.807, 2.05) is 24.3 Å². The second-order valence-electron chi connectivity index (χ2n) is 4.79. The molecule has 3 rings (SSSR count). The van der Waals surface area contributed by atoms with E-state index in [0.29, 0.717) is 17.1 Å². The Morgan fingerprint density at radius 2 is 2.00 bits per heavy atom. The summed E-state index contributed by atoms with van der Waals surface area (Å²) in [6.07, 6.45) is 4.69. The number of hydrogen-bond donors (Lipinski definition) is 1. The molecule has 0 saturated heterocycles. The number of aryl methyl sites for hydroxylation is 2. The third-order valence-electron chi connectivity index (χ3n) is 3.31. The van der Waals surface area contributed by atoms with Gasteiger partial charge in [-0.15, -0.1) is 0 Å². The van der Waals surface area contributed by atoms with E-state index < -0.39 is 10.0 Å². The van der Waals surface area contributed by atoms with E-state index in [9.17, 15) is 8.42 Å². The van der Waals surface area contributed by atoms with Gasteiger partial charge in [-0.3, -0.25) is 9.40 Å². The summed E-state index contributed by atoms with van der Waals surface area (Å²) in [7, 11) is -1.79. The van der Waals surface area contributed by atoms with Crippen molar-refractivity contribution in [2.75, 3.05) is 4.72 Å². The van der Waals surface area contributed by atoms with E-state index in [1.165, 1.54) is 5.56 Å². The molecule has 1 aliphatic carbocycles. The zero-order valence-electron chi connectivity index (χ0n) is 11.1. The van der Waals surface area contributed by atoms with Crippen molar-refractivity contribution in [2.24, 2.45) is 7.05 Å². The minimum atomic E-state index is -3.53. The quantitative estimate of drug-likeness (QED) is 0.941. The van der Waals surface area contributed by atoms with Crippen molar-refractivity contribution >= 4 is 21.9 Å². The fraction of sp³-hybridized carbons (Fsp3) is 0.214. The Morgan fingerprint density at radius 3 is 2.75 bits per heavy atom. The highest BCUT2D eigenvalue weighted by Crippen LogP contribution is 2.27. The van der Waals surface area contributed by atoms with Gasteiger partial charge in [-0.1, -0.05) is 24.3 Å². The van der Waals surface area contributed by atoms with E-state index in [1.54, 1.807) is 30.1 Å². The van der Waals surface area contributed by atoms with Crippen molar-refractivity contribution in [1.82, 2.24) is 9.78 Å². The summed E-state index contributed by atoms with van der Waals surface area (Å²) in [4.78, 5) is 0.404. The standard InChI is InChI=1S/C14H15N3O2S/c1-17-9-8-14(15-17)16-20(18,19)13-7-6-11-4-2-3-5-12(11)10-13/h2-5,8-10H,6-7H2,1H3,(H,15,16). The molecule has 0 atom stereocenters. The number of fused-ring (bicyclic) bond motifs is 1. The van der Waals surface area contributed by atoms with E-state index >= 15 is 0 Å². The van der Waals surface area contributed by atoms with E-state index in [-0.39, 0.29) is 0 Å². The SMILES string of the molecule is Cn1ccc(NS(=O)(=O)C2=Cc3ccccc3CC2)n1. The van der Waals surface area contributed by atoms with Crippen molar-refractivity contribution in [3.05, 3.63) is 52.6 Å². The van der Waals surface area contributed by atoms with Crippen LogP contribution in [0.5, 0.6) is 0 Å². The molecule has 0 bridgehead atoms. The molecule has 1 aromatic carbocycles. The maximum Gasteiger partial charge on any atom is 0.259 e. The third-order valence-corrected chi connectivity index (χ3v) is 4.80. The maximum atomic E-state index is 12.3. The van der Waals surface area contributed by atoms with E-state index in [0.717, 1.165) is 12.0 Å². The van der Waals surface area contributed by atoms with Crippen LogP contribution in [0.25, 0.3) is 6.08 Å². The number of nitrogens with one attached hydrogen (secondary N) is 1. The van der Waals surface area contributed by atoms with Gasteiger partial charge in [0.25, 0.3) is 10.0 Å². The topological polar surface area (TPSA) is 64.0 Å². The molecule has 2 aromatic rings. The first-order valence-corrected chi connectivity index (χ1v) is 7.84. The molecule has 1 aliphatic rings. The average Bonchev–Trinajstić information content (AvgIpc) is 2.83. The predicted octanol–water partition coefficient (Wildman–Crippen LogP) is 2.15. The van der Waals surface area contributed by atoms with Gasteiger partial charge >= 0.3 is 0 Å². The zero-order valence-corrected chi connectivity index (χ0v) is 11.9. The molecule has 0 aliphatic heterocycles. The summed E-state index contributed by atoms with van der Waals surface area (Å²) in [5.41, 5.74) is 2.16. The van der Waals surface area contributed by atoms with Crippen LogP contribution in [0.1, 0.15) is 17.5 Å². The lowest BCUT2D eigenvalue weighted by Gasteiger charge is -2.16. The number of rotatable bonds is 3. The average molecular weight is 289 g/mol. The van der Waals surface area contributed by atoms with Gasteiger partial charge in [0.05, 0.1) is 4.91 Å². The van der Waals surface area contributed by atoms with Crippen molar-refractivity contribution in [2.45, 2.75) is 12.8 Å². The van der Waals surface area contributed by atoms with E-state index in [2.05, 4.69) is 9.82 Å². The minimum absolute atomic E-state index is 0.340. The highest BCUT2D eigenvalue weighted by atomic mass is 32.2. The summed E-state index contributed by atoms with van der Waals surface area (Å²) in [5.74, 6) is 0.340. The van der Waals surface area contributed by atoms with Crippen molar-refractivity contribution in [3.63, 3.8) is 0 Å². The van der Waals surface area contributed by atoms with Gasteiger partial charge in [-0.2, -0.15) is 5.10 Å². The smallest absolute Gasteiger partial charge is 0.259 e. The Kier molecular flexibility index (Phi) is 3.10. The van der Waals surface area contributed by atoms with Gasteiger partial charge in [0, 0.05) is 19.3 Å². The number of benzene rings is 1. The molecular weight excluding hydrogens is 274 g/mol. The van der Waals surface area contributed by atoms with Crippen LogP contribution in [0, 0.1) is 0 Å². The minimum Gasteiger partial charge on any atom is -0.274 e. The molecule has 0 spiro atoms. The van der Waals surface area contributed by atoms with Crippen LogP contribution in [-0.2, 0) is 23.5 Å². The summed E-state index contributed by atoms with van der Waals surface area (Å²) >= 11 is 0. The Hall–Kier alpha value is -2.08. The molecule has 0 saturated carbocycles. The molecule has 20 heavy (non-hydrogen) atoms. The number of allylic oxidation sites excluding steroid dienone is 1. The largest absolute Gasteiger partial charge is 0.274 e. The molecule has 0 fully saturated rings. The van der Waals surface area contributed by atoms with Crippen molar-refractivity contribution in [1.29, 1.82) is 0 Å². The second-order valence-corrected chi connectivity index (χ2v) is 6.52. The van der Waals surface area contributed by atoms with Gasteiger partial charge in [-0.05, 0) is 30.0 Å². The Bertz CT molecular complexity index is 775. The van der Waals surface area contributed by atoms with Gasteiger partial charge in [0.1, 0.15) is 0 Å². The molecular formula is C14H15N3O2S. The molecule has 1 heterocycles. The highest BCUT2D eigenvalue weighted by Gasteiger charge is 2.22. The van der Waals surface area contributed by atoms with Crippen LogP contribution < -0.4 is 4.72 Å². The van der Waals surface area contributed by atoms with Crippen LogP contribution in [-0.4, -0.2) is 18.2 Å². The predicted molar refractivity (Wildman–Crippen MR) is 78.5 cm³/mol. The molecule has 0 radical (unpaired) electrons. The normalized spacial score (nSPS) is 14.6. The molecule has 0 unspecified atom stereocenters. The van der Waals surface area contributed by atoms with Gasteiger partial charge < -0.3 is 0 Å². The van der Waals surface area contributed by atoms with Gasteiger partial charge in [0.2, 0.25) is 0 Å². The van der Waals surface area contributed by atoms with Gasteiger partial charge in [0.15, 0.2) is 5.82 Å². The molecule has 6 heteroatoms. The van der Waals surface area contributed by atoms with Crippen molar-refractivity contribution < 1.29 is 8.42 Å². The molecule has 1 aromatic heterocycles. The summed E-state index contributed by atoms with van der Waals surface area (Å²) in [6, 6.07) is 9.48. The summed E-state index contributed by atoms with van der Waals surface area (Å²) < 4.78 is 28.8. The van der Waals surface area contributed by atoms with Crippen molar-refractivity contribution in [3.8, 4) is 0 Å². The van der Waals surface area contributed by atoms with Crippen LogP contribution in [0.4, 0.5) is 5.82 Å². The van der Waals surface area contributed by atoms with Crippen LogP contribution in [0.2, 0.25) is 0 Å². The lowest BCUT2D eigenvalue weighted by Crippen LogP contribution is -2.17. The lowest BCUT2D eigenvalue weighted by atomic mass is 9.98. The first kappa shape index (κ1) is 12.9. The molecule has 5 nitrogen and oxygen atoms in total. The van der Waals surface area contributed by atoms with Gasteiger partial charge in [-0.25, -0.2) is 8.42 Å². The number of anilines is 1. The Balaban J connectivity index is 1.91. The highest BCUT2D eigenvalue weighted by molar-refractivity contribution is 7.96. The summed E-state index contributed by atoms with van der Waals surface area (Å²) in [6.45, 7) is 0. The fourth-order valence-electron chi connectivity index (χ4n) is 2.29. The molecule has 1 N–H and O–H groups in total. The second kappa shape index (κ2) is 4.79. The first-order valence-electron chi connectivity index (χ1n) is 6.35. The Morgan fingerprint density at radius 1 is 1.20 bits per heavy atom. The fourth-order valence-corrected chi connectivity index (χ4v) is 3.46. The first-order chi connectivity index (χ1) is 9.54. The van der Waals surface area contributed by atoms with Crippen LogP contribution in [0.15, 0.2) is 41.4 Å². The molecule has 0 amide bonds. The Labute approximate surface area is 118 Å². The zero-order chi connectivity index (χ0) is 14.2. The van der Waals surface area contributed by atoms with Crippen LogP contribution >= 0.6 is 0 Å². The summed E-state index contributed by atoms with van der Waals surface area (Å²) in [5, 5.41) is 4.03. The number of hydrogen-bond acceptors (Lipinski definition) is 3. The van der Waals surface area contributed by atoms with Crippen LogP contribution in [0.3, 0.4) is 0 Å². The number of aromatic nitrogens is 2. The van der Waals surface area contributed by atoms with E-state index in [4.69, 9.17) is 0 Å². The molecule has 104 valence electrons. The number of nitrogens with zero attached hydrogens (tertiary/aromatic N) is 2. The lowest BCUT2D eigenvalue weighted by molar-refractivity contribution is 0.604. The number of sulfonamides is 1.